The summed E-state index contributed by atoms with van der Waals surface area (Å²) in [4.78, 5) is 32.7. The van der Waals surface area contributed by atoms with Gasteiger partial charge in [-0.25, -0.2) is 0 Å². The van der Waals surface area contributed by atoms with Crippen molar-refractivity contribution in [2.75, 3.05) is 39.8 Å². The molecule has 3 atom stereocenters. The molecule has 1 saturated carbocycles. The summed E-state index contributed by atoms with van der Waals surface area (Å²) >= 11 is 0. The highest BCUT2D eigenvalue weighted by molar-refractivity contribution is 5.85. The third kappa shape index (κ3) is 4.36. The van der Waals surface area contributed by atoms with Crippen LogP contribution in [0.25, 0.3) is 0 Å². The van der Waals surface area contributed by atoms with Crippen LogP contribution in [0.5, 0.6) is 0 Å². The van der Waals surface area contributed by atoms with Gasteiger partial charge in [-0.2, -0.15) is 0 Å². The van der Waals surface area contributed by atoms with Crippen LogP contribution in [0.4, 0.5) is 0 Å². The summed E-state index contributed by atoms with van der Waals surface area (Å²) in [7, 11) is 2.22. The highest BCUT2D eigenvalue weighted by Gasteiger charge is 2.48. The summed E-state index contributed by atoms with van der Waals surface area (Å²) in [6, 6.07) is 11.2. The maximum Gasteiger partial charge on any atom is 0.225 e. The number of rotatable bonds is 3. The minimum atomic E-state index is 0. The molecule has 5 rings (SSSR count). The number of halogens is 1. The van der Waals surface area contributed by atoms with E-state index in [1.165, 1.54) is 18.4 Å². The summed E-state index contributed by atoms with van der Waals surface area (Å²) in [6.07, 6.45) is 6.19. The van der Waals surface area contributed by atoms with E-state index in [-0.39, 0.29) is 24.2 Å². The van der Waals surface area contributed by atoms with E-state index in [2.05, 4.69) is 47.2 Å². The first-order valence-corrected chi connectivity index (χ1v) is 11.9. The topological polar surface area (TPSA) is 43.9 Å². The van der Waals surface area contributed by atoms with Crippen molar-refractivity contribution in [3.05, 3.63) is 35.9 Å². The number of likely N-dealkylation sites (tertiary alicyclic amines) is 3. The highest BCUT2D eigenvalue weighted by Crippen LogP contribution is 2.44. The summed E-state index contributed by atoms with van der Waals surface area (Å²) in [5.74, 6) is 2.15. The number of fused-ring (bicyclic) bond motifs is 1. The summed E-state index contributed by atoms with van der Waals surface area (Å²) < 4.78 is 0. The van der Waals surface area contributed by atoms with Crippen molar-refractivity contribution in [1.29, 1.82) is 0 Å². The van der Waals surface area contributed by atoms with Crippen molar-refractivity contribution in [2.45, 2.75) is 44.6 Å². The van der Waals surface area contributed by atoms with Crippen LogP contribution in [0.1, 0.15) is 50.1 Å². The molecule has 0 bridgehead atoms. The Kier molecular flexibility index (Phi) is 6.92. The molecule has 4 fully saturated rings. The molecule has 1 aliphatic carbocycles. The van der Waals surface area contributed by atoms with Crippen LogP contribution in [0.15, 0.2) is 30.3 Å². The normalized spacial score (nSPS) is 29.8. The monoisotopic (exact) mass is 445 g/mol. The molecule has 0 unspecified atom stereocenters. The second kappa shape index (κ2) is 9.50. The standard InChI is InChI=1S/C25H35N3O2.ClH/c1-26-15-21-16-28(17-22(21)23(26)18-7-3-2-4-8-18)25(30)20-11-13-27(14-12-20)24(29)19-9-5-6-10-19;/h2-4,7-8,19-23H,5-6,9-17H2,1H3;1H/t21-,22+,23-;/m0./s1. The predicted molar refractivity (Wildman–Crippen MR) is 124 cm³/mol. The molecule has 31 heavy (non-hydrogen) atoms. The largest absolute Gasteiger partial charge is 0.342 e. The number of hydrogen-bond donors (Lipinski definition) is 0. The zero-order chi connectivity index (χ0) is 20.7. The molecule has 170 valence electrons. The minimum Gasteiger partial charge on any atom is -0.342 e. The first-order valence-electron chi connectivity index (χ1n) is 11.9. The lowest BCUT2D eigenvalue weighted by Gasteiger charge is -2.35. The van der Waals surface area contributed by atoms with E-state index < -0.39 is 0 Å². The van der Waals surface area contributed by atoms with Crippen molar-refractivity contribution in [2.24, 2.45) is 23.7 Å². The molecule has 0 aromatic heterocycles. The van der Waals surface area contributed by atoms with Crippen LogP contribution in [-0.2, 0) is 9.59 Å². The van der Waals surface area contributed by atoms with E-state index in [0.717, 1.165) is 58.4 Å². The number of hydrogen-bond acceptors (Lipinski definition) is 3. The quantitative estimate of drug-likeness (QED) is 0.714. The minimum absolute atomic E-state index is 0. The molecule has 1 aromatic carbocycles. The molecule has 6 heteroatoms. The molecule has 0 radical (unpaired) electrons. The molecular weight excluding hydrogens is 410 g/mol. The molecule has 1 aromatic rings. The van der Waals surface area contributed by atoms with Crippen LogP contribution >= 0.6 is 12.4 Å². The summed E-state index contributed by atoms with van der Waals surface area (Å²) in [5.41, 5.74) is 1.38. The summed E-state index contributed by atoms with van der Waals surface area (Å²) in [5, 5.41) is 0. The molecule has 2 amide bonds. The van der Waals surface area contributed by atoms with Gasteiger partial charge in [0.25, 0.3) is 0 Å². The zero-order valence-electron chi connectivity index (χ0n) is 18.6. The molecule has 5 nitrogen and oxygen atoms in total. The SMILES string of the molecule is CN1C[C@H]2CN(C(=O)C3CCN(C(=O)C4CCCC4)CC3)C[C@H]2[C@@H]1c1ccccc1.Cl. The fourth-order valence-corrected chi connectivity index (χ4v) is 6.63. The van der Waals surface area contributed by atoms with Gasteiger partial charge in [0.05, 0.1) is 0 Å². The van der Waals surface area contributed by atoms with Crippen LogP contribution < -0.4 is 0 Å². The average molecular weight is 446 g/mol. The number of carbonyl (C=O) groups excluding carboxylic acids is 2. The van der Waals surface area contributed by atoms with E-state index in [9.17, 15) is 9.59 Å². The van der Waals surface area contributed by atoms with Gasteiger partial charge in [-0.1, -0.05) is 43.2 Å². The van der Waals surface area contributed by atoms with E-state index in [4.69, 9.17) is 0 Å². The summed E-state index contributed by atoms with van der Waals surface area (Å²) in [6.45, 7) is 4.39. The molecule has 0 spiro atoms. The van der Waals surface area contributed by atoms with Crippen molar-refractivity contribution in [3.63, 3.8) is 0 Å². The Hall–Kier alpha value is -1.59. The third-order valence-electron chi connectivity index (χ3n) is 8.21. The third-order valence-corrected chi connectivity index (χ3v) is 8.21. The van der Waals surface area contributed by atoms with Gasteiger partial charge in [0, 0.05) is 56.5 Å². The maximum atomic E-state index is 13.3. The second-order valence-electron chi connectivity index (χ2n) is 10.0. The Morgan fingerprint density at radius 3 is 2.10 bits per heavy atom. The van der Waals surface area contributed by atoms with E-state index >= 15 is 0 Å². The first kappa shape index (κ1) is 22.6. The van der Waals surface area contributed by atoms with Crippen LogP contribution in [0.3, 0.4) is 0 Å². The van der Waals surface area contributed by atoms with Crippen molar-refractivity contribution in [3.8, 4) is 0 Å². The molecule has 4 aliphatic rings. The van der Waals surface area contributed by atoms with Crippen LogP contribution in [0.2, 0.25) is 0 Å². The number of amides is 2. The van der Waals surface area contributed by atoms with Crippen LogP contribution in [0, 0.1) is 23.7 Å². The molecule has 0 N–H and O–H groups in total. The number of carbonyl (C=O) groups is 2. The van der Waals surface area contributed by atoms with Gasteiger partial charge in [0.15, 0.2) is 0 Å². The van der Waals surface area contributed by atoms with E-state index in [1.54, 1.807) is 0 Å². The fraction of sp³-hybridized carbons (Fsp3) is 0.680. The van der Waals surface area contributed by atoms with Gasteiger partial charge in [-0.15, -0.1) is 12.4 Å². The Balaban J connectivity index is 0.00000231. The van der Waals surface area contributed by atoms with E-state index in [1.807, 2.05) is 4.90 Å². The van der Waals surface area contributed by atoms with Gasteiger partial charge in [-0.05, 0) is 44.2 Å². The molecule has 3 saturated heterocycles. The van der Waals surface area contributed by atoms with Crippen LogP contribution in [-0.4, -0.2) is 66.3 Å². The molecular formula is C25H36ClN3O2. The number of piperidine rings is 1. The molecule has 3 aliphatic heterocycles. The Morgan fingerprint density at radius 2 is 1.42 bits per heavy atom. The Bertz CT molecular complexity index is 774. The van der Waals surface area contributed by atoms with Gasteiger partial charge >= 0.3 is 0 Å². The second-order valence-corrected chi connectivity index (χ2v) is 10.0. The predicted octanol–water partition coefficient (Wildman–Crippen LogP) is 3.60. The number of benzene rings is 1. The van der Waals surface area contributed by atoms with Crippen molar-refractivity contribution in [1.82, 2.24) is 14.7 Å². The lowest BCUT2D eigenvalue weighted by molar-refractivity contribution is -0.142. The Morgan fingerprint density at radius 1 is 0.806 bits per heavy atom. The Labute approximate surface area is 192 Å². The average Bonchev–Trinajstić information content (AvgIpc) is 3.50. The fourth-order valence-electron chi connectivity index (χ4n) is 6.63. The van der Waals surface area contributed by atoms with Gasteiger partial charge < -0.3 is 9.80 Å². The zero-order valence-corrected chi connectivity index (χ0v) is 19.4. The van der Waals surface area contributed by atoms with Crippen molar-refractivity contribution < 1.29 is 9.59 Å². The maximum absolute atomic E-state index is 13.3. The van der Waals surface area contributed by atoms with Gasteiger partial charge in [-0.3, -0.25) is 14.5 Å². The van der Waals surface area contributed by atoms with Crippen molar-refractivity contribution >= 4 is 24.2 Å². The lowest BCUT2D eigenvalue weighted by atomic mass is 9.89. The number of nitrogens with zero attached hydrogens (tertiary/aromatic N) is 3. The molecule has 3 heterocycles. The smallest absolute Gasteiger partial charge is 0.225 e. The highest BCUT2D eigenvalue weighted by atomic mass is 35.5. The van der Waals surface area contributed by atoms with Gasteiger partial charge in [0.2, 0.25) is 11.8 Å². The van der Waals surface area contributed by atoms with Gasteiger partial charge in [0.1, 0.15) is 0 Å². The van der Waals surface area contributed by atoms with E-state index in [0.29, 0.717) is 29.7 Å². The first-order chi connectivity index (χ1) is 14.6. The lowest BCUT2D eigenvalue weighted by Crippen LogP contribution is -2.45.